The summed E-state index contributed by atoms with van der Waals surface area (Å²) in [7, 11) is 0. The second-order valence-electron chi connectivity index (χ2n) is 3.17. The molecule has 2 N–H and O–H groups in total. The Hall–Kier alpha value is -0.280. The second kappa shape index (κ2) is 6.25. The van der Waals surface area contributed by atoms with Crippen molar-refractivity contribution in [1.29, 1.82) is 0 Å². The van der Waals surface area contributed by atoms with E-state index in [-0.39, 0.29) is 25.6 Å². The third-order valence-corrected chi connectivity index (χ3v) is 1.95. The fourth-order valence-corrected chi connectivity index (χ4v) is 1.05. The summed E-state index contributed by atoms with van der Waals surface area (Å²) < 4.78 is 0. The van der Waals surface area contributed by atoms with Gasteiger partial charge >= 0.3 is 0 Å². The van der Waals surface area contributed by atoms with E-state index in [0.29, 0.717) is 0 Å². The van der Waals surface area contributed by atoms with Gasteiger partial charge in [-0.05, 0) is 15.1 Å². The number of hydrogen-bond acceptors (Lipinski definition) is 7. The first-order valence-electron chi connectivity index (χ1n) is 4.31. The molecule has 1 aliphatic heterocycles. The molecule has 0 aliphatic carbocycles. The van der Waals surface area contributed by atoms with Crippen molar-refractivity contribution in [3.05, 3.63) is 0 Å². The summed E-state index contributed by atoms with van der Waals surface area (Å²) in [6, 6.07) is 0. The minimum Gasteiger partial charge on any atom is -0.394 e. The minimum absolute atomic E-state index is 0.0555. The van der Waals surface area contributed by atoms with Gasteiger partial charge < -0.3 is 10.2 Å². The van der Waals surface area contributed by atoms with Gasteiger partial charge in [0.25, 0.3) is 0 Å². The maximum atomic E-state index is 9.19. The molecular weight excluding hydrogens is 196 g/mol. The lowest BCUT2D eigenvalue weighted by atomic mass is 10.0. The molecule has 3 unspecified atom stereocenters. The van der Waals surface area contributed by atoms with Crippen LogP contribution in [0.25, 0.3) is 0 Å². The first kappa shape index (κ1) is 11.8. The molecule has 84 valence electrons. The molecule has 0 radical (unpaired) electrons. The molecule has 3 atom stereocenters. The quantitative estimate of drug-likeness (QED) is 0.606. The van der Waals surface area contributed by atoms with Crippen LogP contribution < -0.4 is 0 Å². The van der Waals surface area contributed by atoms with Crippen LogP contribution in [0, 0.1) is 5.92 Å². The average molecular weight is 210 g/mol. The summed E-state index contributed by atoms with van der Waals surface area (Å²) >= 11 is 0. The number of rotatable bonds is 3. The van der Waals surface area contributed by atoms with Crippen LogP contribution in [0.5, 0.6) is 0 Å². The van der Waals surface area contributed by atoms with Crippen molar-refractivity contribution >= 4 is 0 Å². The predicted molar refractivity (Wildman–Crippen MR) is 41.0 cm³/mol. The summed E-state index contributed by atoms with van der Waals surface area (Å²) in [5.41, 5.74) is 0. The topological polar surface area (TPSA) is 86.6 Å². The lowest BCUT2D eigenvalue weighted by molar-refractivity contribution is -0.723. The minimum atomic E-state index is -0.855. The van der Waals surface area contributed by atoms with Crippen molar-refractivity contribution in [2.24, 2.45) is 5.92 Å². The van der Waals surface area contributed by atoms with Crippen LogP contribution in [0.1, 0.15) is 13.3 Å². The third-order valence-electron chi connectivity index (χ3n) is 1.95. The van der Waals surface area contributed by atoms with Gasteiger partial charge in [0.05, 0.1) is 19.3 Å². The Labute approximate surface area is 80.8 Å². The Balaban J connectivity index is 2.37. The molecule has 14 heavy (non-hydrogen) atoms. The average Bonchev–Trinajstić information content (AvgIpc) is 2.17. The summed E-state index contributed by atoms with van der Waals surface area (Å²) in [6.45, 7) is 1.74. The van der Waals surface area contributed by atoms with Crippen LogP contribution in [0.2, 0.25) is 0 Å². The standard InChI is InChI=1S/C7H14O7/c1-5-4-10-12-14-13-11-7(5)2-6(9)3-8/h5-9H,2-4H2,1H3. The summed E-state index contributed by atoms with van der Waals surface area (Å²) in [4.78, 5) is 9.33. The van der Waals surface area contributed by atoms with Crippen LogP contribution in [-0.4, -0.2) is 35.6 Å². The molecule has 0 aromatic rings. The largest absolute Gasteiger partial charge is 0.394 e. The molecule has 0 bridgehead atoms. The van der Waals surface area contributed by atoms with Crippen LogP contribution in [0.4, 0.5) is 0 Å². The SMILES string of the molecule is CC1COOOOOC1CC(O)CO. The lowest BCUT2D eigenvalue weighted by Crippen LogP contribution is -2.33. The molecule has 1 rings (SSSR count). The Bertz CT molecular complexity index is 153. The molecule has 1 heterocycles. The van der Waals surface area contributed by atoms with Crippen LogP contribution in [0.15, 0.2) is 0 Å². The second-order valence-corrected chi connectivity index (χ2v) is 3.17. The van der Waals surface area contributed by atoms with E-state index in [2.05, 4.69) is 20.0 Å². The number of aliphatic hydroxyl groups excluding tert-OH is 2. The summed E-state index contributed by atoms with van der Waals surface area (Å²) in [5, 5.41) is 30.0. The zero-order chi connectivity index (χ0) is 10.4. The van der Waals surface area contributed by atoms with E-state index >= 15 is 0 Å². The maximum absolute atomic E-state index is 9.19. The van der Waals surface area contributed by atoms with Crippen molar-refractivity contribution in [2.75, 3.05) is 13.2 Å². The van der Waals surface area contributed by atoms with E-state index in [4.69, 9.17) is 9.99 Å². The highest BCUT2D eigenvalue weighted by molar-refractivity contribution is 4.69. The molecule has 1 aliphatic rings. The van der Waals surface area contributed by atoms with E-state index in [0.717, 1.165) is 0 Å². The van der Waals surface area contributed by atoms with Gasteiger partial charge in [-0.3, -0.25) is 0 Å². The first-order chi connectivity index (χ1) is 6.74. The summed E-state index contributed by atoms with van der Waals surface area (Å²) in [6.07, 6.45) is -1.06. The Kier molecular flexibility index (Phi) is 5.26. The van der Waals surface area contributed by atoms with E-state index in [1.807, 2.05) is 6.92 Å². The zero-order valence-corrected chi connectivity index (χ0v) is 7.79. The van der Waals surface area contributed by atoms with E-state index in [1.54, 1.807) is 0 Å². The lowest BCUT2D eigenvalue weighted by Gasteiger charge is -2.24. The number of aliphatic hydroxyl groups is 2. The smallest absolute Gasteiger partial charge is 0.104 e. The fraction of sp³-hybridized carbons (Fsp3) is 1.00. The van der Waals surface area contributed by atoms with Gasteiger partial charge in [-0.2, -0.15) is 4.89 Å². The molecule has 1 fully saturated rings. The van der Waals surface area contributed by atoms with E-state index in [1.165, 1.54) is 0 Å². The van der Waals surface area contributed by atoms with Gasteiger partial charge in [0.1, 0.15) is 6.10 Å². The normalized spacial score (nSPS) is 31.9. The maximum Gasteiger partial charge on any atom is 0.104 e. The Morgan fingerprint density at radius 2 is 2.14 bits per heavy atom. The monoisotopic (exact) mass is 210 g/mol. The molecule has 0 aromatic heterocycles. The van der Waals surface area contributed by atoms with Crippen molar-refractivity contribution in [3.8, 4) is 0 Å². The van der Waals surface area contributed by atoms with Gasteiger partial charge in [-0.1, -0.05) is 6.92 Å². The third kappa shape index (κ3) is 3.84. The first-order valence-corrected chi connectivity index (χ1v) is 4.31. The van der Waals surface area contributed by atoms with E-state index in [9.17, 15) is 5.11 Å². The van der Waals surface area contributed by atoms with Crippen molar-refractivity contribution in [2.45, 2.75) is 25.6 Å². The van der Waals surface area contributed by atoms with E-state index < -0.39 is 12.2 Å². The summed E-state index contributed by atoms with van der Waals surface area (Å²) in [5.74, 6) is -0.0555. The highest BCUT2D eigenvalue weighted by Gasteiger charge is 2.25. The Morgan fingerprint density at radius 1 is 1.36 bits per heavy atom. The fourth-order valence-electron chi connectivity index (χ4n) is 1.05. The van der Waals surface area contributed by atoms with Crippen molar-refractivity contribution in [3.63, 3.8) is 0 Å². The Morgan fingerprint density at radius 3 is 2.86 bits per heavy atom. The molecule has 7 nitrogen and oxygen atoms in total. The molecule has 0 amide bonds. The molecule has 0 aromatic carbocycles. The molecule has 1 saturated heterocycles. The molecule has 7 heteroatoms. The zero-order valence-electron chi connectivity index (χ0n) is 7.79. The molecule has 0 spiro atoms. The highest BCUT2D eigenvalue weighted by Crippen LogP contribution is 2.17. The van der Waals surface area contributed by atoms with Crippen LogP contribution >= 0.6 is 0 Å². The van der Waals surface area contributed by atoms with Crippen LogP contribution in [0.3, 0.4) is 0 Å². The highest BCUT2D eigenvalue weighted by atomic mass is 17.8. The van der Waals surface area contributed by atoms with Gasteiger partial charge in [0, 0.05) is 12.3 Å². The van der Waals surface area contributed by atoms with Gasteiger partial charge in [0.15, 0.2) is 0 Å². The van der Waals surface area contributed by atoms with Gasteiger partial charge in [-0.25, -0.2) is 4.89 Å². The molecule has 0 saturated carbocycles. The predicted octanol–water partition coefficient (Wildman–Crippen LogP) is -0.509. The van der Waals surface area contributed by atoms with Gasteiger partial charge in [0.2, 0.25) is 0 Å². The van der Waals surface area contributed by atoms with Crippen molar-refractivity contribution in [1.82, 2.24) is 0 Å². The van der Waals surface area contributed by atoms with Gasteiger partial charge in [-0.15, -0.1) is 0 Å². The van der Waals surface area contributed by atoms with Crippen LogP contribution in [-0.2, 0) is 24.9 Å². The molecular formula is C7H14O7. The van der Waals surface area contributed by atoms with Crippen molar-refractivity contribution < 1.29 is 35.1 Å². The number of hydrogen-bond donors (Lipinski definition) is 2.